The number of thioether (sulfide) groups is 1. The minimum absolute atomic E-state index is 0.0613. The third-order valence-electron chi connectivity index (χ3n) is 5.82. The van der Waals surface area contributed by atoms with Gasteiger partial charge in [-0.2, -0.15) is 0 Å². The van der Waals surface area contributed by atoms with Gasteiger partial charge in [0.25, 0.3) is 5.56 Å². The van der Waals surface area contributed by atoms with E-state index in [4.69, 9.17) is 9.72 Å². The molecule has 0 spiro atoms. The molecule has 1 aliphatic heterocycles. The minimum atomic E-state index is -0.225. The van der Waals surface area contributed by atoms with Crippen LogP contribution < -0.4 is 15.8 Å². The molecule has 0 aliphatic carbocycles. The first-order valence-corrected chi connectivity index (χ1v) is 12.4. The number of rotatable bonds is 9. The Labute approximate surface area is 202 Å². The van der Waals surface area contributed by atoms with Crippen LogP contribution in [0.2, 0.25) is 0 Å². The summed E-state index contributed by atoms with van der Waals surface area (Å²) >= 11 is 1.25. The summed E-state index contributed by atoms with van der Waals surface area (Å²) in [7, 11) is 0. The van der Waals surface area contributed by atoms with E-state index in [0.29, 0.717) is 33.9 Å². The molecule has 2 aromatic carbocycles. The molecule has 2 N–H and O–H groups in total. The molecular weight excluding hydrogens is 452 g/mol. The molecule has 3 aromatic rings. The number of morpholine rings is 1. The van der Waals surface area contributed by atoms with E-state index in [9.17, 15) is 14.4 Å². The summed E-state index contributed by atoms with van der Waals surface area (Å²) in [6.07, 6.45) is 0.840. The van der Waals surface area contributed by atoms with Gasteiger partial charge >= 0.3 is 0 Å². The Bertz CT molecular complexity index is 1240. The quantitative estimate of drug-likeness (QED) is 0.274. The average Bonchev–Trinajstić information content (AvgIpc) is 2.85. The number of quaternary nitrogens is 1. The summed E-state index contributed by atoms with van der Waals surface area (Å²) < 4.78 is 7.11. The molecule has 1 aliphatic rings. The van der Waals surface area contributed by atoms with Gasteiger partial charge in [0, 0.05) is 24.2 Å². The molecule has 0 unspecified atom stereocenters. The third kappa shape index (κ3) is 6.11. The minimum Gasteiger partial charge on any atom is -0.370 e. The number of hydrogen-bond donors (Lipinski definition) is 2. The Balaban J connectivity index is 1.47. The Kier molecular flexibility index (Phi) is 8.10. The van der Waals surface area contributed by atoms with Crippen LogP contribution in [0.25, 0.3) is 10.9 Å². The number of benzene rings is 2. The first kappa shape index (κ1) is 24.1. The highest BCUT2D eigenvalue weighted by atomic mass is 32.2. The number of Topliss-reactive ketones (excluding diaryl/α,β-unsaturated/α-hetero) is 1. The maximum Gasteiger partial charge on any atom is 0.262 e. The Morgan fingerprint density at radius 1 is 1.15 bits per heavy atom. The van der Waals surface area contributed by atoms with Crippen molar-refractivity contribution >= 4 is 40.0 Å². The predicted octanol–water partition coefficient (Wildman–Crippen LogP) is 1.64. The average molecular weight is 482 g/mol. The van der Waals surface area contributed by atoms with Gasteiger partial charge in [-0.15, -0.1) is 0 Å². The number of anilines is 1. The highest BCUT2D eigenvalue weighted by Gasteiger charge is 2.16. The SMILES string of the molecule is CC(=O)c1cccc(NC(=O)CSc2nc3ccccc3c(=O)n2CCC[NH+]2CCOCC2)c1. The normalized spacial score (nSPS) is 14.3. The number of ether oxygens (including phenoxy) is 1. The number of nitrogens with one attached hydrogen (secondary N) is 2. The maximum atomic E-state index is 13.2. The van der Waals surface area contributed by atoms with Crippen molar-refractivity contribution in [2.45, 2.75) is 25.0 Å². The van der Waals surface area contributed by atoms with Crippen LogP contribution in [0.3, 0.4) is 0 Å². The lowest BCUT2D eigenvalue weighted by atomic mass is 10.1. The second-order valence-corrected chi connectivity index (χ2v) is 9.25. The van der Waals surface area contributed by atoms with Crippen LogP contribution >= 0.6 is 11.8 Å². The number of carbonyl (C=O) groups excluding carboxylic acids is 2. The van der Waals surface area contributed by atoms with Crippen molar-refractivity contribution in [3.8, 4) is 0 Å². The molecule has 1 fully saturated rings. The van der Waals surface area contributed by atoms with Crippen molar-refractivity contribution in [1.29, 1.82) is 0 Å². The fourth-order valence-electron chi connectivity index (χ4n) is 4.00. The second-order valence-electron chi connectivity index (χ2n) is 8.31. The van der Waals surface area contributed by atoms with E-state index < -0.39 is 0 Å². The summed E-state index contributed by atoms with van der Waals surface area (Å²) in [4.78, 5) is 43.6. The number of nitrogens with zero attached hydrogens (tertiary/aromatic N) is 2. The Hall–Kier alpha value is -3.01. The summed E-state index contributed by atoms with van der Waals surface area (Å²) in [5.74, 6) is -0.185. The van der Waals surface area contributed by atoms with Gasteiger partial charge in [0.15, 0.2) is 10.9 Å². The van der Waals surface area contributed by atoms with Crippen molar-refractivity contribution in [3.63, 3.8) is 0 Å². The standard InChI is InChI=1S/C25H28N4O4S/c1-18(30)19-6-4-7-20(16-19)26-23(31)17-34-25-27-22-9-3-2-8-21(22)24(32)29(25)11-5-10-28-12-14-33-15-13-28/h2-4,6-9,16H,5,10-15,17H2,1H3,(H,26,31)/p+1. The van der Waals surface area contributed by atoms with Gasteiger partial charge in [0.05, 0.1) is 36.4 Å². The monoisotopic (exact) mass is 481 g/mol. The summed E-state index contributed by atoms with van der Waals surface area (Å²) in [5, 5.41) is 3.94. The summed E-state index contributed by atoms with van der Waals surface area (Å²) in [6.45, 7) is 6.51. The molecule has 34 heavy (non-hydrogen) atoms. The molecule has 0 radical (unpaired) electrons. The zero-order valence-electron chi connectivity index (χ0n) is 19.2. The predicted molar refractivity (Wildman–Crippen MR) is 133 cm³/mol. The lowest BCUT2D eigenvalue weighted by Gasteiger charge is -2.24. The maximum absolute atomic E-state index is 13.2. The smallest absolute Gasteiger partial charge is 0.262 e. The van der Waals surface area contributed by atoms with Crippen LogP contribution in [0.5, 0.6) is 0 Å². The van der Waals surface area contributed by atoms with Gasteiger partial charge in [-0.1, -0.05) is 36.0 Å². The molecule has 9 heteroatoms. The topological polar surface area (TPSA) is 94.7 Å². The molecular formula is C25H29N4O4S+. The van der Waals surface area contributed by atoms with Crippen LogP contribution in [-0.2, 0) is 16.1 Å². The van der Waals surface area contributed by atoms with Crippen LogP contribution in [-0.4, -0.2) is 59.8 Å². The molecule has 8 nitrogen and oxygen atoms in total. The van der Waals surface area contributed by atoms with Gasteiger partial charge in [0.2, 0.25) is 5.91 Å². The molecule has 4 rings (SSSR count). The number of hydrogen-bond acceptors (Lipinski definition) is 6. The lowest BCUT2D eigenvalue weighted by molar-refractivity contribution is -0.908. The number of carbonyl (C=O) groups is 2. The van der Waals surface area contributed by atoms with Crippen LogP contribution in [0.15, 0.2) is 58.5 Å². The van der Waals surface area contributed by atoms with Crippen molar-refractivity contribution in [2.24, 2.45) is 0 Å². The van der Waals surface area contributed by atoms with E-state index in [0.717, 1.165) is 39.3 Å². The van der Waals surface area contributed by atoms with Crippen molar-refractivity contribution < 1.29 is 19.2 Å². The van der Waals surface area contributed by atoms with Crippen molar-refractivity contribution in [3.05, 3.63) is 64.4 Å². The molecule has 0 bridgehead atoms. The molecule has 0 saturated carbocycles. The molecule has 1 aromatic heterocycles. The fourth-order valence-corrected chi connectivity index (χ4v) is 4.82. The zero-order valence-corrected chi connectivity index (χ0v) is 20.0. The zero-order chi connectivity index (χ0) is 23.9. The van der Waals surface area contributed by atoms with E-state index in [1.54, 1.807) is 34.9 Å². The highest BCUT2D eigenvalue weighted by molar-refractivity contribution is 7.99. The van der Waals surface area contributed by atoms with Crippen LogP contribution in [0, 0.1) is 0 Å². The molecule has 178 valence electrons. The molecule has 1 amide bonds. The lowest BCUT2D eigenvalue weighted by Crippen LogP contribution is -3.14. The van der Waals surface area contributed by atoms with Crippen LogP contribution in [0.1, 0.15) is 23.7 Å². The second kappa shape index (κ2) is 11.4. The van der Waals surface area contributed by atoms with Gasteiger partial charge in [-0.05, 0) is 31.2 Å². The van der Waals surface area contributed by atoms with Crippen molar-refractivity contribution in [1.82, 2.24) is 9.55 Å². The van der Waals surface area contributed by atoms with E-state index >= 15 is 0 Å². The van der Waals surface area contributed by atoms with Gasteiger partial charge in [0.1, 0.15) is 13.1 Å². The summed E-state index contributed by atoms with van der Waals surface area (Å²) in [6, 6.07) is 14.1. The third-order valence-corrected chi connectivity index (χ3v) is 6.80. The first-order valence-electron chi connectivity index (χ1n) is 11.5. The van der Waals surface area contributed by atoms with Gasteiger partial charge in [-0.25, -0.2) is 4.98 Å². The number of fused-ring (bicyclic) bond motifs is 1. The summed E-state index contributed by atoms with van der Waals surface area (Å²) in [5.41, 5.74) is 1.65. The van der Waals surface area contributed by atoms with Gasteiger partial charge < -0.3 is 15.0 Å². The molecule has 2 heterocycles. The Morgan fingerprint density at radius 2 is 1.94 bits per heavy atom. The first-order chi connectivity index (χ1) is 16.5. The highest BCUT2D eigenvalue weighted by Crippen LogP contribution is 2.19. The number of amides is 1. The van der Waals surface area contributed by atoms with Crippen molar-refractivity contribution in [2.75, 3.05) is 43.9 Å². The van der Waals surface area contributed by atoms with E-state index in [1.807, 2.05) is 18.2 Å². The molecule has 1 saturated heterocycles. The van der Waals surface area contributed by atoms with Crippen LogP contribution in [0.4, 0.5) is 5.69 Å². The Morgan fingerprint density at radius 3 is 2.74 bits per heavy atom. The number of ketones is 1. The largest absolute Gasteiger partial charge is 0.370 e. The molecule has 0 atom stereocenters. The van der Waals surface area contributed by atoms with E-state index in [-0.39, 0.29) is 23.0 Å². The van der Waals surface area contributed by atoms with Gasteiger partial charge in [-0.3, -0.25) is 19.0 Å². The van der Waals surface area contributed by atoms with E-state index in [2.05, 4.69) is 5.32 Å². The van der Waals surface area contributed by atoms with E-state index in [1.165, 1.54) is 23.6 Å². The fraction of sp³-hybridized carbons (Fsp3) is 0.360. The number of aromatic nitrogens is 2. The number of para-hydroxylation sites is 1.